The second kappa shape index (κ2) is 5.42. The Kier molecular flexibility index (Phi) is 3.69. The second-order valence-electron chi connectivity index (χ2n) is 3.56. The van der Waals surface area contributed by atoms with Crippen LogP contribution in [0.2, 0.25) is 5.02 Å². The van der Waals surface area contributed by atoms with Gasteiger partial charge in [0.05, 0.1) is 4.92 Å². The number of hydrogen-bond acceptors (Lipinski definition) is 3. The molecule has 0 aliphatic heterocycles. The maximum Gasteiger partial charge on any atom is 0.294 e. The van der Waals surface area contributed by atoms with Crippen molar-refractivity contribution in [3.05, 3.63) is 69.2 Å². The third-order valence-electron chi connectivity index (χ3n) is 2.30. The monoisotopic (exact) mass is 260 g/mol. The molecule has 2 aromatic rings. The molecule has 0 aromatic heterocycles. The molecule has 4 nitrogen and oxygen atoms in total. The highest BCUT2D eigenvalue weighted by Gasteiger charge is 2.10. The van der Waals surface area contributed by atoms with Gasteiger partial charge in [-0.3, -0.25) is 10.1 Å². The first-order chi connectivity index (χ1) is 8.66. The molecule has 0 bridgehead atoms. The van der Waals surface area contributed by atoms with Crippen LogP contribution in [0.25, 0.3) is 0 Å². The van der Waals surface area contributed by atoms with Gasteiger partial charge in [-0.25, -0.2) is 4.99 Å². The molecule has 0 heterocycles. The molecule has 18 heavy (non-hydrogen) atoms. The molecule has 0 atom stereocenters. The Morgan fingerprint density at radius 3 is 2.44 bits per heavy atom. The van der Waals surface area contributed by atoms with Gasteiger partial charge >= 0.3 is 0 Å². The van der Waals surface area contributed by atoms with Crippen LogP contribution in [-0.4, -0.2) is 11.1 Å². The van der Waals surface area contributed by atoms with E-state index in [0.717, 1.165) is 5.56 Å². The number of benzene rings is 2. The Hall–Kier alpha value is -2.20. The van der Waals surface area contributed by atoms with E-state index in [9.17, 15) is 10.1 Å². The van der Waals surface area contributed by atoms with E-state index in [-0.39, 0.29) is 5.69 Å². The molecule has 2 aromatic carbocycles. The van der Waals surface area contributed by atoms with Crippen LogP contribution in [-0.2, 0) is 0 Å². The van der Waals surface area contributed by atoms with E-state index in [1.807, 2.05) is 0 Å². The van der Waals surface area contributed by atoms with Crippen LogP contribution in [0.5, 0.6) is 0 Å². The van der Waals surface area contributed by atoms with Gasteiger partial charge in [0.15, 0.2) is 0 Å². The molecule has 0 N–H and O–H groups in total. The first-order valence-electron chi connectivity index (χ1n) is 5.20. The van der Waals surface area contributed by atoms with Crippen LogP contribution >= 0.6 is 11.6 Å². The van der Waals surface area contributed by atoms with Gasteiger partial charge in [-0.1, -0.05) is 35.9 Å². The summed E-state index contributed by atoms with van der Waals surface area (Å²) in [6.07, 6.45) is 1.57. The molecule has 0 saturated carbocycles. The predicted octanol–water partition coefficient (Wildman–Crippen LogP) is 4.00. The number of para-hydroxylation sites is 2. The third kappa shape index (κ3) is 2.93. The largest absolute Gasteiger partial charge is 0.294 e. The van der Waals surface area contributed by atoms with E-state index in [4.69, 9.17) is 11.6 Å². The van der Waals surface area contributed by atoms with Crippen molar-refractivity contribution in [1.82, 2.24) is 0 Å². The minimum absolute atomic E-state index is 0.0114. The van der Waals surface area contributed by atoms with Crippen LogP contribution in [0, 0.1) is 10.1 Å². The highest BCUT2D eigenvalue weighted by molar-refractivity contribution is 6.30. The summed E-state index contributed by atoms with van der Waals surface area (Å²) in [5.41, 5.74) is 1.15. The molecule has 0 radical (unpaired) electrons. The highest BCUT2D eigenvalue weighted by Crippen LogP contribution is 2.26. The minimum atomic E-state index is -0.450. The van der Waals surface area contributed by atoms with Crippen molar-refractivity contribution in [3.8, 4) is 0 Å². The van der Waals surface area contributed by atoms with Crippen LogP contribution in [0.1, 0.15) is 5.56 Å². The summed E-state index contributed by atoms with van der Waals surface area (Å²) in [5.74, 6) is 0. The van der Waals surface area contributed by atoms with Crippen molar-refractivity contribution in [2.45, 2.75) is 0 Å². The summed E-state index contributed by atoms with van der Waals surface area (Å²) < 4.78 is 0. The number of nitro benzene ring substituents is 1. The number of nitrogens with zero attached hydrogens (tertiary/aromatic N) is 2. The Bertz CT molecular complexity index is 594. The van der Waals surface area contributed by atoms with E-state index < -0.39 is 4.92 Å². The maximum absolute atomic E-state index is 10.8. The van der Waals surface area contributed by atoms with Gasteiger partial charge < -0.3 is 0 Å². The van der Waals surface area contributed by atoms with E-state index in [2.05, 4.69) is 4.99 Å². The molecule has 0 spiro atoms. The van der Waals surface area contributed by atoms with Gasteiger partial charge in [-0.2, -0.15) is 0 Å². The lowest BCUT2D eigenvalue weighted by Gasteiger charge is -1.96. The number of nitro groups is 1. The quantitative estimate of drug-likeness (QED) is 0.476. The fourth-order valence-corrected chi connectivity index (χ4v) is 1.55. The molecule has 0 amide bonds. The Morgan fingerprint density at radius 1 is 1.11 bits per heavy atom. The van der Waals surface area contributed by atoms with Gasteiger partial charge in [0.25, 0.3) is 5.69 Å². The standard InChI is InChI=1S/C13H9ClN2O2/c14-11-7-5-10(6-8-11)9-15-12-3-1-2-4-13(12)16(17)18/h1-9H. The zero-order valence-corrected chi connectivity index (χ0v) is 10.0. The lowest BCUT2D eigenvalue weighted by atomic mass is 10.2. The van der Waals surface area contributed by atoms with Gasteiger partial charge in [0.2, 0.25) is 0 Å². The number of halogens is 1. The average molecular weight is 261 g/mol. The summed E-state index contributed by atoms with van der Waals surface area (Å²) in [4.78, 5) is 14.5. The fraction of sp³-hybridized carbons (Fsp3) is 0. The lowest BCUT2D eigenvalue weighted by molar-refractivity contribution is -0.384. The molecule has 90 valence electrons. The number of aliphatic imine (C=N–C) groups is 1. The topological polar surface area (TPSA) is 55.5 Å². The van der Waals surface area contributed by atoms with Crippen molar-refractivity contribution in [1.29, 1.82) is 0 Å². The van der Waals surface area contributed by atoms with E-state index in [1.54, 1.807) is 48.7 Å². The van der Waals surface area contributed by atoms with Crippen molar-refractivity contribution in [2.75, 3.05) is 0 Å². The molecule has 0 saturated heterocycles. The normalized spacial score (nSPS) is 10.7. The molecule has 0 unspecified atom stereocenters. The van der Waals surface area contributed by atoms with Crippen LogP contribution in [0.15, 0.2) is 53.5 Å². The van der Waals surface area contributed by atoms with Crippen molar-refractivity contribution in [3.63, 3.8) is 0 Å². The summed E-state index contributed by atoms with van der Waals surface area (Å²) in [6.45, 7) is 0. The van der Waals surface area contributed by atoms with Gasteiger partial charge in [0.1, 0.15) is 5.69 Å². The Morgan fingerprint density at radius 2 is 1.78 bits per heavy atom. The van der Waals surface area contributed by atoms with E-state index in [0.29, 0.717) is 10.7 Å². The minimum Gasteiger partial charge on any atom is -0.258 e. The molecule has 2 rings (SSSR count). The molecule has 0 aliphatic rings. The highest BCUT2D eigenvalue weighted by atomic mass is 35.5. The second-order valence-corrected chi connectivity index (χ2v) is 3.99. The molecular formula is C13H9ClN2O2. The zero-order valence-electron chi connectivity index (χ0n) is 9.29. The third-order valence-corrected chi connectivity index (χ3v) is 2.55. The zero-order chi connectivity index (χ0) is 13.0. The summed E-state index contributed by atoms with van der Waals surface area (Å²) in [6, 6.07) is 13.4. The van der Waals surface area contributed by atoms with E-state index in [1.165, 1.54) is 6.07 Å². The van der Waals surface area contributed by atoms with E-state index >= 15 is 0 Å². The molecule has 5 heteroatoms. The van der Waals surface area contributed by atoms with Gasteiger partial charge in [-0.15, -0.1) is 0 Å². The van der Waals surface area contributed by atoms with Crippen LogP contribution in [0.3, 0.4) is 0 Å². The van der Waals surface area contributed by atoms with Crippen molar-refractivity contribution >= 4 is 29.2 Å². The first kappa shape index (κ1) is 12.3. The fourth-order valence-electron chi connectivity index (χ4n) is 1.42. The summed E-state index contributed by atoms with van der Waals surface area (Å²) in [7, 11) is 0. The van der Waals surface area contributed by atoms with Crippen molar-refractivity contribution < 1.29 is 4.92 Å². The average Bonchev–Trinajstić information content (AvgIpc) is 2.38. The van der Waals surface area contributed by atoms with Gasteiger partial charge in [-0.05, 0) is 23.8 Å². The Labute approximate surface area is 109 Å². The predicted molar refractivity (Wildman–Crippen MR) is 71.8 cm³/mol. The van der Waals surface area contributed by atoms with Crippen LogP contribution in [0.4, 0.5) is 11.4 Å². The van der Waals surface area contributed by atoms with Crippen LogP contribution < -0.4 is 0 Å². The smallest absolute Gasteiger partial charge is 0.258 e. The molecular weight excluding hydrogens is 252 g/mol. The molecule has 0 aliphatic carbocycles. The lowest BCUT2D eigenvalue weighted by Crippen LogP contribution is -1.88. The summed E-state index contributed by atoms with van der Waals surface area (Å²) in [5, 5.41) is 11.4. The first-order valence-corrected chi connectivity index (χ1v) is 5.57. The number of rotatable bonds is 3. The molecule has 0 fully saturated rings. The number of hydrogen-bond donors (Lipinski definition) is 0. The van der Waals surface area contributed by atoms with Gasteiger partial charge in [0, 0.05) is 17.3 Å². The summed E-state index contributed by atoms with van der Waals surface area (Å²) >= 11 is 5.76. The maximum atomic E-state index is 10.8. The Balaban J connectivity index is 2.29. The SMILES string of the molecule is O=[N+]([O-])c1ccccc1N=Cc1ccc(Cl)cc1. The van der Waals surface area contributed by atoms with Crippen molar-refractivity contribution in [2.24, 2.45) is 4.99 Å².